The number of hydrogen-bond acceptors (Lipinski definition) is 1. The van der Waals surface area contributed by atoms with E-state index in [0.717, 1.165) is 12.8 Å². The Morgan fingerprint density at radius 3 is 2.33 bits per heavy atom. The van der Waals surface area contributed by atoms with Crippen molar-refractivity contribution in [1.82, 2.24) is 0 Å². The van der Waals surface area contributed by atoms with Gasteiger partial charge < -0.3 is 0 Å². The number of carbonyl (C=O) groups excluding carboxylic acids is 1. The molecule has 0 saturated heterocycles. The van der Waals surface area contributed by atoms with Crippen LogP contribution in [0.3, 0.4) is 0 Å². The van der Waals surface area contributed by atoms with Gasteiger partial charge in [-0.3, -0.25) is 4.79 Å². The van der Waals surface area contributed by atoms with Crippen molar-refractivity contribution in [2.24, 2.45) is 5.41 Å². The van der Waals surface area contributed by atoms with Crippen LogP contribution in [-0.4, -0.2) is 5.78 Å². The van der Waals surface area contributed by atoms with Gasteiger partial charge >= 0.3 is 0 Å². The fourth-order valence-corrected chi connectivity index (χ4v) is 1.93. The van der Waals surface area contributed by atoms with Crippen LogP contribution in [0.4, 0.5) is 0 Å². The predicted molar refractivity (Wildman–Crippen MR) is 51.0 cm³/mol. The highest BCUT2D eigenvalue weighted by Gasteiger charge is 2.32. The molecule has 0 radical (unpaired) electrons. The second kappa shape index (κ2) is 3.88. The Balaban J connectivity index is 2.62. The molecule has 0 bridgehead atoms. The lowest BCUT2D eigenvalue weighted by Crippen LogP contribution is -2.28. The van der Waals surface area contributed by atoms with Crippen LogP contribution in [0.1, 0.15) is 46.0 Å². The normalized spacial score (nSPS) is 22.8. The minimum Gasteiger partial charge on any atom is -0.294 e. The van der Waals surface area contributed by atoms with E-state index in [2.05, 4.69) is 6.92 Å². The second-order valence-electron chi connectivity index (χ2n) is 3.99. The standard InChI is InChI=1S/C11H18O/c1-3-7-10(12)11(2)8-5-4-6-9-11/h3,7H,4-6,8-9H2,1-2H3. The molecule has 1 rings (SSSR count). The van der Waals surface area contributed by atoms with E-state index in [4.69, 9.17) is 0 Å². The topological polar surface area (TPSA) is 17.1 Å². The number of hydrogen-bond donors (Lipinski definition) is 0. The van der Waals surface area contributed by atoms with Crippen molar-refractivity contribution >= 4 is 5.78 Å². The van der Waals surface area contributed by atoms with Crippen molar-refractivity contribution in [2.75, 3.05) is 0 Å². The fourth-order valence-electron chi connectivity index (χ4n) is 1.93. The van der Waals surface area contributed by atoms with Gasteiger partial charge in [-0.2, -0.15) is 0 Å². The molecule has 0 aromatic rings. The molecule has 0 aromatic carbocycles. The zero-order valence-electron chi connectivity index (χ0n) is 8.10. The summed E-state index contributed by atoms with van der Waals surface area (Å²) in [6.45, 7) is 4.01. The van der Waals surface area contributed by atoms with Crippen LogP contribution in [0.2, 0.25) is 0 Å². The van der Waals surface area contributed by atoms with Gasteiger partial charge in [0.1, 0.15) is 0 Å². The highest BCUT2D eigenvalue weighted by atomic mass is 16.1. The Morgan fingerprint density at radius 1 is 1.25 bits per heavy atom. The van der Waals surface area contributed by atoms with Crippen molar-refractivity contribution in [3.8, 4) is 0 Å². The van der Waals surface area contributed by atoms with E-state index in [1.807, 2.05) is 13.0 Å². The molecule has 1 nitrogen and oxygen atoms in total. The molecule has 12 heavy (non-hydrogen) atoms. The average Bonchev–Trinajstić information content (AvgIpc) is 2.06. The predicted octanol–water partition coefficient (Wildman–Crippen LogP) is 3.10. The average molecular weight is 166 g/mol. The molecule has 0 atom stereocenters. The molecule has 0 unspecified atom stereocenters. The number of allylic oxidation sites excluding steroid dienone is 2. The zero-order valence-corrected chi connectivity index (χ0v) is 8.10. The van der Waals surface area contributed by atoms with Gasteiger partial charge in [-0.1, -0.05) is 32.3 Å². The van der Waals surface area contributed by atoms with Crippen molar-refractivity contribution < 1.29 is 4.79 Å². The largest absolute Gasteiger partial charge is 0.294 e. The summed E-state index contributed by atoms with van der Waals surface area (Å²) in [4.78, 5) is 11.6. The van der Waals surface area contributed by atoms with Crippen molar-refractivity contribution in [2.45, 2.75) is 46.0 Å². The summed E-state index contributed by atoms with van der Waals surface area (Å²) in [7, 11) is 0. The molecule has 0 heterocycles. The molecule has 1 heteroatoms. The SMILES string of the molecule is CC=CC(=O)C1(C)CCCCC1. The summed E-state index contributed by atoms with van der Waals surface area (Å²) in [6.07, 6.45) is 9.48. The lowest BCUT2D eigenvalue weighted by molar-refractivity contribution is -0.124. The maximum Gasteiger partial charge on any atom is 0.161 e. The van der Waals surface area contributed by atoms with Crippen LogP contribution >= 0.6 is 0 Å². The second-order valence-corrected chi connectivity index (χ2v) is 3.99. The van der Waals surface area contributed by atoms with E-state index < -0.39 is 0 Å². The maximum absolute atomic E-state index is 11.6. The minimum absolute atomic E-state index is 0.0369. The van der Waals surface area contributed by atoms with Crippen LogP contribution in [0, 0.1) is 5.41 Å². The van der Waals surface area contributed by atoms with E-state index in [1.165, 1.54) is 19.3 Å². The van der Waals surface area contributed by atoms with Gasteiger partial charge in [0.05, 0.1) is 0 Å². The summed E-state index contributed by atoms with van der Waals surface area (Å²) in [5.41, 5.74) is -0.0369. The molecule has 0 amide bonds. The summed E-state index contributed by atoms with van der Waals surface area (Å²) in [5.74, 6) is 0.324. The van der Waals surface area contributed by atoms with Crippen LogP contribution in [0.5, 0.6) is 0 Å². The Morgan fingerprint density at radius 2 is 1.83 bits per heavy atom. The highest BCUT2D eigenvalue weighted by Crippen LogP contribution is 2.36. The summed E-state index contributed by atoms with van der Waals surface area (Å²) < 4.78 is 0. The number of ketones is 1. The van der Waals surface area contributed by atoms with Gasteiger partial charge in [0.2, 0.25) is 0 Å². The van der Waals surface area contributed by atoms with E-state index in [1.54, 1.807) is 6.08 Å². The maximum atomic E-state index is 11.6. The van der Waals surface area contributed by atoms with Gasteiger partial charge in [-0.25, -0.2) is 0 Å². The van der Waals surface area contributed by atoms with Crippen LogP contribution in [0.25, 0.3) is 0 Å². The third-order valence-electron chi connectivity index (χ3n) is 2.87. The van der Waals surface area contributed by atoms with Gasteiger partial charge in [-0.15, -0.1) is 0 Å². The minimum atomic E-state index is -0.0369. The molecule has 1 fully saturated rings. The van der Waals surface area contributed by atoms with Gasteiger partial charge in [0, 0.05) is 5.41 Å². The summed E-state index contributed by atoms with van der Waals surface area (Å²) in [6, 6.07) is 0. The first-order valence-corrected chi connectivity index (χ1v) is 4.86. The van der Waals surface area contributed by atoms with Crippen molar-refractivity contribution in [1.29, 1.82) is 0 Å². The van der Waals surface area contributed by atoms with Gasteiger partial charge in [-0.05, 0) is 25.8 Å². The van der Waals surface area contributed by atoms with E-state index in [-0.39, 0.29) is 5.41 Å². The molecule has 1 aliphatic rings. The molecule has 0 aromatic heterocycles. The first-order valence-electron chi connectivity index (χ1n) is 4.86. The highest BCUT2D eigenvalue weighted by molar-refractivity contribution is 5.94. The molecule has 68 valence electrons. The molecule has 1 saturated carbocycles. The van der Waals surface area contributed by atoms with Crippen LogP contribution in [-0.2, 0) is 4.79 Å². The first kappa shape index (κ1) is 9.50. The lowest BCUT2D eigenvalue weighted by Gasteiger charge is -2.30. The number of carbonyl (C=O) groups is 1. The molecule has 0 aliphatic heterocycles. The molecular weight excluding hydrogens is 148 g/mol. The Bertz CT molecular complexity index is 185. The van der Waals surface area contributed by atoms with Crippen molar-refractivity contribution in [3.05, 3.63) is 12.2 Å². The van der Waals surface area contributed by atoms with Gasteiger partial charge in [0.15, 0.2) is 5.78 Å². The molecule has 0 spiro atoms. The van der Waals surface area contributed by atoms with E-state index >= 15 is 0 Å². The molecule has 1 aliphatic carbocycles. The third kappa shape index (κ3) is 1.96. The zero-order chi connectivity index (χ0) is 9.03. The summed E-state index contributed by atoms with van der Waals surface area (Å²) in [5, 5.41) is 0. The number of rotatable bonds is 2. The first-order chi connectivity index (χ1) is 5.69. The molecular formula is C11H18O. The van der Waals surface area contributed by atoms with Crippen molar-refractivity contribution in [3.63, 3.8) is 0 Å². The van der Waals surface area contributed by atoms with Crippen LogP contribution < -0.4 is 0 Å². The van der Waals surface area contributed by atoms with Gasteiger partial charge in [0.25, 0.3) is 0 Å². The monoisotopic (exact) mass is 166 g/mol. The summed E-state index contributed by atoms with van der Waals surface area (Å²) >= 11 is 0. The Labute approximate surface area is 74.9 Å². The smallest absolute Gasteiger partial charge is 0.161 e. The quantitative estimate of drug-likeness (QED) is 0.576. The van der Waals surface area contributed by atoms with Crippen LogP contribution in [0.15, 0.2) is 12.2 Å². The Hall–Kier alpha value is -0.590. The Kier molecular flexibility index (Phi) is 3.07. The van der Waals surface area contributed by atoms with E-state index in [0.29, 0.717) is 5.78 Å². The fraction of sp³-hybridized carbons (Fsp3) is 0.727. The lowest BCUT2D eigenvalue weighted by atomic mass is 9.73. The van der Waals surface area contributed by atoms with E-state index in [9.17, 15) is 4.79 Å². The third-order valence-corrected chi connectivity index (χ3v) is 2.87. The molecule has 0 N–H and O–H groups in total.